The van der Waals surface area contributed by atoms with E-state index in [0.717, 1.165) is 63.5 Å². The molecule has 198 valence electrons. The number of nitrogens with one attached hydrogen (secondary N) is 1. The van der Waals surface area contributed by atoms with Crippen molar-refractivity contribution < 1.29 is 24.2 Å². The molecule has 35 heavy (non-hydrogen) atoms. The zero-order chi connectivity index (χ0) is 24.6. The Hall–Kier alpha value is -1.83. The summed E-state index contributed by atoms with van der Waals surface area (Å²) in [7, 11) is 4.07. The van der Waals surface area contributed by atoms with Crippen LogP contribution in [0.4, 0.5) is 4.79 Å². The number of rotatable bonds is 9. The zero-order valence-electron chi connectivity index (χ0n) is 21.5. The van der Waals surface area contributed by atoms with E-state index >= 15 is 0 Å². The van der Waals surface area contributed by atoms with Gasteiger partial charge < -0.3 is 24.8 Å². The number of nitrogens with zero attached hydrogens (tertiary/aromatic N) is 1. The normalized spacial score (nSPS) is 23.7. The lowest BCUT2D eigenvalue weighted by Crippen LogP contribution is -2.43. The second kappa shape index (κ2) is 13.5. The highest BCUT2D eigenvalue weighted by molar-refractivity contribution is 5.85. The minimum Gasteiger partial charge on any atom is -0.450 e. The molecule has 2 fully saturated rings. The Labute approximate surface area is 216 Å². The van der Waals surface area contributed by atoms with Gasteiger partial charge in [0.25, 0.3) is 0 Å². The van der Waals surface area contributed by atoms with E-state index in [2.05, 4.69) is 10.2 Å². The summed E-state index contributed by atoms with van der Waals surface area (Å²) >= 11 is 0. The molecular formula is C27H43ClN2O5. The number of carbonyl (C=O) groups is 2. The van der Waals surface area contributed by atoms with Crippen LogP contribution in [0.25, 0.3) is 0 Å². The number of ether oxygens (including phenoxy) is 2. The number of carbonyl (C=O) groups excluding carboxylic acids is 2. The molecule has 1 amide bonds. The van der Waals surface area contributed by atoms with Gasteiger partial charge in [0.15, 0.2) is 0 Å². The molecule has 0 unspecified atom stereocenters. The quantitative estimate of drug-likeness (QED) is 0.357. The molecular weight excluding hydrogens is 468 g/mol. The smallest absolute Gasteiger partial charge is 0.407 e. The highest BCUT2D eigenvalue weighted by Gasteiger charge is 2.41. The summed E-state index contributed by atoms with van der Waals surface area (Å²) in [5, 5.41) is 14.5. The third kappa shape index (κ3) is 8.09. The Morgan fingerprint density at radius 2 is 1.83 bits per heavy atom. The van der Waals surface area contributed by atoms with Gasteiger partial charge in [-0.1, -0.05) is 44.2 Å². The predicted octanol–water partition coefficient (Wildman–Crippen LogP) is 5.04. The minimum absolute atomic E-state index is 0. The average molecular weight is 511 g/mol. The van der Waals surface area contributed by atoms with Gasteiger partial charge in [0.1, 0.15) is 5.75 Å². The molecule has 0 radical (unpaired) electrons. The highest BCUT2D eigenvalue weighted by atomic mass is 35.5. The van der Waals surface area contributed by atoms with Gasteiger partial charge >= 0.3 is 12.1 Å². The van der Waals surface area contributed by atoms with Gasteiger partial charge in [-0.15, -0.1) is 12.4 Å². The molecule has 1 aromatic carbocycles. The summed E-state index contributed by atoms with van der Waals surface area (Å²) in [6.45, 7) is 3.32. The molecule has 0 heterocycles. The Bertz CT molecular complexity index is 828. The monoisotopic (exact) mass is 510 g/mol. The van der Waals surface area contributed by atoms with Crippen molar-refractivity contribution in [1.29, 1.82) is 0 Å². The van der Waals surface area contributed by atoms with Crippen molar-refractivity contribution in [3.05, 3.63) is 29.8 Å². The third-order valence-electron chi connectivity index (χ3n) is 7.50. The second-order valence-corrected chi connectivity index (χ2v) is 10.4. The first-order chi connectivity index (χ1) is 16.3. The van der Waals surface area contributed by atoms with E-state index in [9.17, 15) is 14.7 Å². The summed E-state index contributed by atoms with van der Waals surface area (Å²) in [4.78, 5) is 27.0. The molecule has 2 aliphatic carbocycles. The van der Waals surface area contributed by atoms with Gasteiger partial charge in [-0.3, -0.25) is 4.79 Å². The van der Waals surface area contributed by atoms with Crippen molar-refractivity contribution in [2.24, 2.45) is 11.3 Å². The molecule has 7 nitrogen and oxygen atoms in total. The van der Waals surface area contributed by atoms with Crippen LogP contribution < -0.4 is 10.1 Å². The summed E-state index contributed by atoms with van der Waals surface area (Å²) in [6.07, 6.45) is 8.57. The lowest BCUT2D eigenvalue weighted by molar-refractivity contribution is -0.137. The van der Waals surface area contributed by atoms with Crippen LogP contribution in [-0.4, -0.2) is 55.9 Å². The Morgan fingerprint density at radius 3 is 2.51 bits per heavy atom. The number of benzene rings is 1. The van der Waals surface area contributed by atoms with Crippen LogP contribution in [0.15, 0.2) is 24.3 Å². The van der Waals surface area contributed by atoms with E-state index in [-0.39, 0.29) is 36.1 Å². The van der Waals surface area contributed by atoms with Crippen molar-refractivity contribution in [1.82, 2.24) is 10.2 Å². The van der Waals surface area contributed by atoms with E-state index in [0.29, 0.717) is 25.3 Å². The fourth-order valence-electron chi connectivity index (χ4n) is 5.75. The molecule has 1 aromatic rings. The molecule has 0 saturated heterocycles. The number of hydrogen-bond acceptors (Lipinski definition) is 6. The third-order valence-corrected chi connectivity index (χ3v) is 7.50. The first kappa shape index (κ1) is 29.4. The number of aliphatic hydroxyl groups is 1. The van der Waals surface area contributed by atoms with Gasteiger partial charge in [0.05, 0.1) is 18.6 Å². The first-order valence-electron chi connectivity index (χ1n) is 12.9. The maximum atomic E-state index is 13.0. The second-order valence-electron chi connectivity index (χ2n) is 10.4. The summed E-state index contributed by atoms with van der Waals surface area (Å²) in [6, 6.07) is 7.41. The largest absolute Gasteiger partial charge is 0.450 e. The average Bonchev–Trinajstić information content (AvgIpc) is 2.80. The molecule has 2 saturated carbocycles. The number of hydrogen-bond donors (Lipinski definition) is 2. The van der Waals surface area contributed by atoms with Crippen LogP contribution in [0, 0.1) is 11.3 Å². The fourth-order valence-corrected chi connectivity index (χ4v) is 5.75. The molecule has 2 atom stereocenters. The fraction of sp³-hybridized carbons (Fsp3) is 0.704. The van der Waals surface area contributed by atoms with Crippen LogP contribution in [0.5, 0.6) is 5.75 Å². The molecule has 0 spiro atoms. The molecule has 2 N–H and O–H groups in total. The zero-order valence-corrected chi connectivity index (χ0v) is 22.3. The van der Waals surface area contributed by atoms with Crippen molar-refractivity contribution in [3.8, 4) is 5.75 Å². The molecule has 0 aromatic heterocycles. The molecule has 3 rings (SSSR count). The Balaban J connectivity index is 0.00000432. The van der Waals surface area contributed by atoms with E-state index in [1.54, 1.807) is 13.0 Å². The van der Waals surface area contributed by atoms with Gasteiger partial charge in [-0.2, -0.15) is 0 Å². The maximum Gasteiger partial charge on any atom is 0.407 e. The van der Waals surface area contributed by atoms with Crippen LogP contribution in [0.3, 0.4) is 0 Å². The predicted molar refractivity (Wildman–Crippen MR) is 139 cm³/mol. The summed E-state index contributed by atoms with van der Waals surface area (Å²) in [5.74, 6) is 0.307. The number of halogens is 1. The lowest BCUT2D eigenvalue weighted by Gasteiger charge is -2.41. The Morgan fingerprint density at radius 1 is 1.11 bits per heavy atom. The molecule has 2 aliphatic rings. The van der Waals surface area contributed by atoms with Crippen LogP contribution in [0.2, 0.25) is 0 Å². The van der Waals surface area contributed by atoms with E-state index in [1.807, 2.05) is 32.3 Å². The van der Waals surface area contributed by atoms with Gasteiger partial charge in [0, 0.05) is 19.0 Å². The van der Waals surface area contributed by atoms with Crippen molar-refractivity contribution in [3.63, 3.8) is 0 Å². The van der Waals surface area contributed by atoms with Gasteiger partial charge in [0.2, 0.25) is 0 Å². The van der Waals surface area contributed by atoms with Crippen LogP contribution in [0.1, 0.15) is 76.7 Å². The van der Waals surface area contributed by atoms with Gasteiger partial charge in [-0.25, -0.2) is 4.79 Å². The van der Waals surface area contributed by atoms with Crippen molar-refractivity contribution in [2.75, 3.05) is 33.8 Å². The number of esters is 1. The van der Waals surface area contributed by atoms with Crippen LogP contribution >= 0.6 is 12.4 Å². The molecule has 8 heteroatoms. The molecule has 0 bridgehead atoms. The maximum absolute atomic E-state index is 13.0. The van der Waals surface area contributed by atoms with E-state index in [4.69, 9.17) is 9.47 Å². The lowest BCUT2D eigenvalue weighted by atomic mass is 9.71. The van der Waals surface area contributed by atoms with E-state index in [1.165, 1.54) is 0 Å². The number of amides is 1. The van der Waals surface area contributed by atoms with Gasteiger partial charge in [-0.05, 0) is 69.8 Å². The van der Waals surface area contributed by atoms with Crippen molar-refractivity contribution in [2.45, 2.75) is 76.7 Å². The SMILES string of the molecule is CCOC(=O)NCC1(CC(=O)Oc2cccc([C@@]3(O)CCCC[C@@H]3CN(C)C)c2)CCCCC1.Cl. The van der Waals surface area contributed by atoms with Crippen LogP contribution in [-0.2, 0) is 15.1 Å². The summed E-state index contributed by atoms with van der Waals surface area (Å²) in [5.41, 5.74) is -0.405. The van der Waals surface area contributed by atoms with E-state index < -0.39 is 11.7 Å². The topological polar surface area (TPSA) is 88.1 Å². The summed E-state index contributed by atoms with van der Waals surface area (Å²) < 4.78 is 10.8. The molecule has 0 aliphatic heterocycles. The minimum atomic E-state index is -0.918. The highest BCUT2D eigenvalue weighted by Crippen LogP contribution is 2.43. The first-order valence-corrected chi connectivity index (χ1v) is 12.9. The standard InChI is InChI=1S/C27H42N2O5.ClH/c1-4-33-25(31)28-20-26(14-7-5-8-15-26)18-24(30)34-23-13-10-12-21(17-23)27(32)16-9-6-11-22(27)19-29(2)3;/h10,12-13,17,22,32H,4-9,11,14-16,18-20H2,1-3H3,(H,28,31);1H/t22-,27+;/m1./s1. The number of alkyl carbamates (subject to hydrolysis) is 1. The van der Waals surface area contributed by atoms with Crippen molar-refractivity contribution >= 4 is 24.5 Å². The Kier molecular flexibility index (Phi) is 11.3.